The quantitative estimate of drug-likeness (QED) is 0.403. The average molecular weight is 414 g/mol. The van der Waals surface area contributed by atoms with E-state index in [-0.39, 0.29) is 22.8 Å². The molecule has 3 aromatic rings. The van der Waals surface area contributed by atoms with Crippen LogP contribution in [-0.4, -0.2) is 30.6 Å². The van der Waals surface area contributed by atoms with Crippen molar-refractivity contribution in [2.45, 2.75) is 11.3 Å². The third kappa shape index (κ3) is 3.69. The summed E-state index contributed by atoms with van der Waals surface area (Å²) in [5, 5.41) is 0.387. The van der Waals surface area contributed by atoms with Crippen LogP contribution in [0.15, 0.2) is 34.2 Å². The Hall–Kier alpha value is -2.40. The summed E-state index contributed by atoms with van der Waals surface area (Å²) in [5.41, 5.74) is -0.0897. The fourth-order valence-corrected chi connectivity index (χ4v) is 3.42. The van der Waals surface area contributed by atoms with Crippen LogP contribution < -0.4 is 5.69 Å². The predicted molar refractivity (Wildman–Crippen MR) is 97.6 cm³/mol. The lowest BCUT2D eigenvalue weighted by Gasteiger charge is -2.06. The summed E-state index contributed by atoms with van der Waals surface area (Å²) in [6.45, 7) is 0. The van der Waals surface area contributed by atoms with Crippen LogP contribution in [0.4, 0.5) is 13.2 Å². The molecule has 0 radical (unpaired) electrons. The van der Waals surface area contributed by atoms with Crippen LogP contribution >= 0.6 is 24.0 Å². The van der Waals surface area contributed by atoms with Gasteiger partial charge in [0.2, 0.25) is 0 Å². The van der Waals surface area contributed by atoms with Crippen LogP contribution in [0.3, 0.4) is 0 Å². The number of carbonyl (C=O) groups excluding carboxylic acids is 1. The van der Waals surface area contributed by atoms with Crippen molar-refractivity contribution in [3.63, 3.8) is 0 Å². The van der Waals surface area contributed by atoms with E-state index in [0.717, 1.165) is 36.0 Å². The van der Waals surface area contributed by atoms with Gasteiger partial charge in [-0.1, -0.05) is 36.1 Å². The van der Waals surface area contributed by atoms with E-state index in [1.54, 1.807) is 14.1 Å². The van der Waals surface area contributed by atoms with E-state index in [2.05, 4.69) is 9.97 Å². The molecule has 142 valence electrons. The third-order valence-electron chi connectivity index (χ3n) is 3.95. The third-order valence-corrected chi connectivity index (χ3v) is 5.30. The summed E-state index contributed by atoms with van der Waals surface area (Å²) in [6, 6.07) is 4.04. The van der Waals surface area contributed by atoms with Gasteiger partial charge >= 0.3 is 11.9 Å². The molecule has 0 atom stereocenters. The summed E-state index contributed by atoms with van der Waals surface area (Å²) in [7, 11) is 3.11. The molecule has 27 heavy (non-hydrogen) atoms. The second-order valence-electron chi connectivity index (χ2n) is 5.73. The Balaban J connectivity index is 1.80. The first kappa shape index (κ1) is 19.4. The van der Waals surface area contributed by atoms with Crippen molar-refractivity contribution in [3.05, 3.63) is 50.5 Å². The van der Waals surface area contributed by atoms with Crippen LogP contribution in [0.25, 0.3) is 11.2 Å². The fourth-order valence-electron chi connectivity index (χ4n) is 2.44. The number of nitrogens with zero attached hydrogens (tertiary/aromatic N) is 3. The Labute approximate surface area is 160 Å². The molecule has 0 aliphatic rings. The average Bonchev–Trinajstić information content (AvgIpc) is 3.06. The van der Waals surface area contributed by atoms with Gasteiger partial charge in [-0.15, -0.1) is 0 Å². The molecule has 3 rings (SSSR count). The molecule has 0 amide bonds. The summed E-state index contributed by atoms with van der Waals surface area (Å²) in [5.74, 6) is -0.370. The zero-order valence-corrected chi connectivity index (χ0v) is 15.8. The Morgan fingerprint density at radius 3 is 2.44 bits per heavy atom. The first-order chi connectivity index (χ1) is 12.6. The number of halogens is 3. The predicted octanol–water partition coefficient (Wildman–Crippen LogP) is 3.32. The van der Waals surface area contributed by atoms with Crippen molar-refractivity contribution >= 4 is 40.9 Å². The summed E-state index contributed by atoms with van der Waals surface area (Å²) in [6.07, 6.45) is -4.45. The van der Waals surface area contributed by atoms with Crippen LogP contribution in [0, 0.1) is 4.64 Å². The topological polar surface area (TPSA) is 72.7 Å². The lowest BCUT2D eigenvalue weighted by atomic mass is 10.1. The monoisotopic (exact) mass is 414 g/mol. The number of ketones is 1. The molecule has 1 aromatic carbocycles. The molecule has 0 aliphatic heterocycles. The van der Waals surface area contributed by atoms with Gasteiger partial charge in [-0.25, -0.2) is 9.78 Å². The van der Waals surface area contributed by atoms with Gasteiger partial charge in [-0.2, -0.15) is 13.2 Å². The molecular formula is C16H13F3N4O2S2. The van der Waals surface area contributed by atoms with E-state index in [4.69, 9.17) is 12.2 Å². The Morgan fingerprint density at radius 2 is 1.85 bits per heavy atom. The van der Waals surface area contributed by atoms with Crippen LogP contribution in [-0.2, 0) is 20.3 Å². The van der Waals surface area contributed by atoms with Gasteiger partial charge in [0.25, 0.3) is 0 Å². The van der Waals surface area contributed by atoms with Gasteiger partial charge in [0, 0.05) is 19.7 Å². The van der Waals surface area contributed by atoms with E-state index in [1.807, 2.05) is 0 Å². The minimum atomic E-state index is -4.45. The number of benzene rings is 1. The minimum absolute atomic E-state index is 0.0297. The number of alkyl halides is 3. The van der Waals surface area contributed by atoms with Crippen molar-refractivity contribution in [2.75, 3.05) is 5.75 Å². The lowest BCUT2D eigenvalue weighted by Crippen LogP contribution is -2.27. The maximum atomic E-state index is 12.6. The molecule has 6 nitrogen and oxygen atoms in total. The number of aromatic amines is 1. The molecule has 0 fully saturated rings. The zero-order chi connectivity index (χ0) is 19.9. The van der Waals surface area contributed by atoms with Crippen molar-refractivity contribution in [2.24, 2.45) is 14.1 Å². The number of imidazole rings is 1. The standard InChI is InChI=1S/C16H13F3N4O2S2/c1-22-12-11(13(26)23(2)15(22)25)20-14(21-12)27-7-10(24)8-3-5-9(6-4-8)16(17,18)19/h3-6H,7H2,1-2H3,(H,20,21). The van der Waals surface area contributed by atoms with Gasteiger partial charge in [0.1, 0.15) is 10.2 Å². The number of thioether (sulfide) groups is 1. The van der Waals surface area contributed by atoms with Crippen LogP contribution in [0.1, 0.15) is 15.9 Å². The molecule has 0 bridgehead atoms. The molecule has 0 spiro atoms. The van der Waals surface area contributed by atoms with E-state index in [1.165, 1.54) is 9.13 Å². The molecule has 0 aliphatic carbocycles. The molecule has 2 aromatic heterocycles. The Bertz CT molecular complexity index is 1140. The van der Waals surface area contributed by atoms with Crippen molar-refractivity contribution in [3.8, 4) is 0 Å². The maximum Gasteiger partial charge on any atom is 0.416 e. The normalized spacial score (nSPS) is 11.9. The number of nitrogens with one attached hydrogen (secondary N) is 1. The number of carbonyl (C=O) groups is 1. The zero-order valence-electron chi connectivity index (χ0n) is 14.1. The van der Waals surface area contributed by atoms with E-state index in [9.17, 15) is 22.8 Å². The van der Waals surface area contributed by atoms with Gasteiger partial charge in [-0.3, -0.25) is 13.9 Å². The fraction of sp³-hybridized carbons (Fsp3) is 0.250. The van der Waals surface area contributed by atoms with E-state index < -0.39 is 11.7 Å². The Kier molecular flexibility index (Phi) is 5.00. The molecule has 1 N–H and O–H groups in total. The highest BCUT2D eigenvalue weighted by Crippen LogP contribution is 2.29. The van der Waals surface area contributed by atoms with Crippen molar-refractivity contribution in [1.29, 1.82) is 0 Å². The Morgan fingerprint density at radius 1 is 1.22 bits per heavy atom. The van der Waals surface area contributed by atoms with Gasteiger partial charge in [-0.05, 0) is 12.1 Å². The van der Waals surface area contributed by atoms with Gasteiger partial charge in [0.05, 0.1) is 11.3 Å². The minimum Gasteiger partial charge on any atom is -0.329 e. The molecule has 0 saturated heterocycles. The SMILES string of the molecule is Cn1c(=S)c2[nH]c(SCC(=O)c3ccc(C(F)(F)F)cc3)nc2n(C)c1=O. The number of aromatic nitrogens is 4. The lowest BCUT2D eigenvalue weighted by molar-refractivity contribution is -0.137. The first-order valence-electron chi connectivity index (χ1n) is 7.58. The molecule has 11 heteroatoms. The largest absolute Gasteiger partial charge is 0.416 e. The highest BCUT2D eigenvalue weighted by Gasteiger charge is 2.30. The van der Waals surface area contributed by atoms with E-state index >= 15 is 0 Å². The number of hydrogen-bond donors (Lipinski definition) is 1. The van der Waals surface area contributed by atoms with Crippen LogP contribution in [0.5, 0.6) is 0 Å². The highest BCUT2D eigenvalue weighted by molar-refractivity contribution is 7.99. The highest BCUT2D eigenvalue weighted by atomic mass is 32.2. The number of aryl methyl sites for hydroxylation is 1. The number of H-pyrrole nitrogens is 1. The first-order valence-corrected chi connectivity index (χ1v) is 8.98. The number of fused-ring (bicyclic) bond motifs is 1. The van der Waals surface area contributed by atoms with Crippen LogP contribution in [0.2, 0.25) is 0 Å². The smallest absolute Gasteiger partial charge is 0.329 e. The van der Waals surface area contributed by atoms with Gasteiger partial charge < -0.3 is 4.98 Å². The molecular weight excluding hydrogens is 401 g/mol. The molecule has 0 unspecified atom stereocenters. The second kappa shape index (κ2) is 6.97. The summed E-state index contributed by atoms with van der Waals surface area (Å²) in [4.78, 5) is 31.5. The number of rotatable bonds is 4. The summed E-state index contributed by atoms with van der Waals surface area (Å²) >= 11 is 6.30. The van der Waals surface area contributed by atoms with E-state index in [0.29, 0.717) is 21.0 Å². The molecule has 2 heterocycles. The van der Waals surface area contributed by atoms with Crippen molar-refractivity contribution < 1.29 is 18.0 Å². The molecule has 0 saturated carbocycles. The van der Waals surface area contributed by atoms with Gasteiger partial charge in [0.15, 0.2) is 16.6 Å². The number of hydrogen-bond acceptors (Lipinski definition) is 5. The number of Topliss-reactive ketones (excluding diaryl/α,β-unsaturated/α-hetero) is 1. The maximum absolute atomic E-state index is 12.6. The second-order valence-corrected chi connectivity index (χ2v) is 7.08. The summed E-state index contributed by atoms with van der Waals surface area (Å²) < 4.78 is 40.7. The van der Waals surface area contributed by atoms with Crippen molar-refractivity contribution in [1.82, 2.24) is 19.1 Å².